The average molecular weight is 172 g/mol. The number of nitrogens with two attached hydrogens (primary N) is 1. The predicted molar refractivity (Wildman–Crippen MR) is 50.0 cm³/mol. The smallest absolute Gasteiger partial charge is 0.0771 e. The summed E-state index contributed by atoms with van der Waals surface area (Å²) in [6.45, 7) is 2.17. The lowest BCUT2D eigenvalue weighted by atomic mass is 9.85. The van der Waals surface area contributed by atoms with Crippen LogP contribution in [0.4, 0.5) is 0 Å². The van der Waals surface area contributed by atoms with Gasteiger partial charge in [-0.2, -0.15) is 0 Å². The molecule has 0 spiro atoms. The maximum Gasteiger partial charge on any atom is 0.0771 e. The molecule has 1 fully saturated rings. The van der Waals surface area contributed by atoms with Gasteiger partial charge in [-0.25, -0.2) is 0 Å². The third-order valence-corrected chi connectivity index (χ3v) is 2.56. The molecular weight excluding hydrogens is 152 g/mol. The van der Waals surface area contributed by atoms with E-state index in [1.165, 1.54) is 19.3 Å². The zero-order chi connectivity index (χ0) is 8.86. The predicted octanol–water partition coefficient (Wildman–Crippen LogP) is 0.230. The molecule has 1 rings (SSSR count). The van der Waals surface area contributed by atoms with Gasteiger partial charge in [0.2, 0.25) is 0 Å². The minimum absolute atomic E-state index is 0.437. The molecule has 4 N–H and O–H groups in total. The van der Waals surface area contributed by atoms with E-state index < -0.39 is 5.60 Å². The lowest BCUT2D eigenvalue weighted by Gasteiger charge is -2.32. The standard InChI is InChI=1S/C9H20N2O/c10-6-7-11-8-9(12)4-2-1-3-5-9/h11-12H,1-8,10H2. The average Bonchev–Trinajstić information content (AvgIpc) is 2.06. The van der Waals surface area contributed by atoms with Crippen LogP contribution in [0.1, 0.15) is 32.1 Å². The molecule has 0 aliphatic heterocycles. The summed E-state index contributed by atoms with van der Waals surface area (Å²) in [5.41, 5.74) is 4.91. The van der Waals surface area contributed by atoms with Crippen molar-refractivity contribution in [1.29, 1.82) is 0 Å². The van der Waals surface area contributed by atoms with Gasteiger partial charge in [0.1, 0.15) is 0 Å². The van der Waals surface area contributed by atoms with Gasteiger partial charge in [0.15, 0.2) is 0 Å². The Morgan fingerprint density at radius 1 is 1.25 bits per heavy atom. The Balaban J connectivity index is 2.17. The molecule has 1 aliphatic rings. The highest BCUT2D eigenvalue weighted by molar-refractivity contribution is 4.84. The minimum Gasteiger partial charge on any atom is -0.389 e. The first-order valence-corrected chi connectivity index (χ1v) is 4.90. The van der Waals surface area contributed by atoms with Crippen molar-refractivity contribution in [2.75, 3.05) is 19.6 Å². The van der Waals surface area contributed by atoms with Crippen LogP contribution in [0.15, 0.2) is 0 Å². The summed E-state index contributed by atoms with van der Waals surface area (Å²) in [6, 6.07) is 0. The molecule has 3 nitrogen and oxygen atoms in total. The van der Waals surface area contributed by atoms with Crippen LogP contribution in [0.3, 0.4) is 0 Å². The van der Waals surface area contributed by atoms with Gasteiger partial charge in [-0.05, 0) is 12.8 Å². The van der Waals surface area contributed by atoms with Gasteiger partial charge in [0.05, 0.1) is 5.60 Å². The van der Waals surface area contributed by atoms with Crippen molar-refractivity contribution in [1.82, 2.24) is 5.32 Å². The Hall–Kier alpha value is -0.120. The Morgan fingerprint density at radius 3 is 2.50 bits per heavy atom. The highest BCUT2D eigenvalue weighted by atomic mass is 16.3. The summed E-state index contributed by atoms with van der Waals surface area (Å²) in [4.78, 5) is 0. The Kier molecular flexibility index (Phi) is 3.98. The van der Waals surface area contributed by atoms with Crippen molar-refractivity contribution in [3.05, 3.63) is 0 Å². The molecule has 0 heterocycles. The summed E-state index contributed by atoms with van der Waals surface area (Å²) >= 11 is 0. The zero-order valence-corrected chi connectivity index (χ0v) is 7.68. The van der Waals surface area contributed by atoms with E-state index in [0.29, 0.717) is 13.1 Å². The molecule has 0 bridgehead atoms. The summed E-state index contributed by atoms with van der Waals surface area (Å²) in [5.74, 6) is 0. The monoisotopic (exact) mass is 172 g/mol. The number of hydrogen-bond donors (Lipinski definition) is 3. The van der Waals surface area contributed by atoms with Crippen LogP contribution >= 0.6 is 0 Å². The second-order valence-corrected chi connectivity index (χ2v) is 3.75. The minimum atomic E-state index is -0.437. The summed E-state index contributed by atoms with van der Waals surface area (Å²) < 4.78 is 0. The van der Waals surface area contributed by atoms with Crippen LogP contribution in [-0.4, -0.2) is 30.3 Å². The van der Waals surface area contributed by atoms with E-state index in [2.05, 4.69) is 5.32 Å². The first-order valence-electron chi connectivity index (χ1n) is 4.90. The molecule has 0 aromatic rings. The van der Waals surface area contributed by atoms with Crippen LogP contribution in [-0.2, 0) is 0 Å². The number of aliphatic hydroxyl groups is 1. The summed E-state index contributed by atoms with van der Waals surface area (Å²) in [7, 11) is 0. The molecule has 3 heteroatoms. The Morgan fingerprint density at radius 2 is 1.92 bits per heavy atom. The molecule has 0 aromatic carbocycles. The van der Waals surface area contributed by atoms with Crippen molar-refractivity contribution < 1.29 is 5.11 Å². The molecule has 12 heavy (non-hydrogen) atoms. The lowest BCUT2D eigenvalue weighted by Crippen LogP contribution is -2.43. The summed E-state index contributed by atoms with van der Waals surface area (Å²) in [5, 5.41) is 13.2. The van der Waals surface area contributed by atoms with Crippen LogP contribution in [0, 0.1) is 0 Å². The van der Waals surface area contributed by atoms with Gasteiger partial charge < -0.3 is 16.2 Å². The van der Waals surface area contributed by atoms with Gasteiger partial charge in [-0.15, -0.1) is 0 Å². The second kappa shape index (κ2) is 4.80. The first kappa shape index (κ1) is 9.96. The molecule has 0 unspecified atom stereocenters. The van der Waals surface area contributed by atoms with Crippen molar-refractivity contribution in [3.63, 3.8) is 0 Å². The second-order valence-electron chi connectivity index (χ2n) is 3.75. The fourth-order valence-corrected chi connectivity index (χ4v) is 1.81. The van der Waals surface area contributed by atoms with E-state index >= 15 is 0 Å². The molecule has 72 valence electrons. The third-order valence-electron chi connectivity index (χ3n) is 2.56. The highest BCUT2D eigenvalue weighted by Gasteiger charge is 2.28. The van der Waals surface area contributed by atoms with Gasteiger partial charge in [0, 0.05) is 19.6 Å². The van der Waals surface area contributed by atoms with Crippen molar-refractivity contribution in [3.8, 4) is 0 Å². The van der Waals surface area contributed by atoms with Crippen LogP contribution in [0.25, 0.3) is 0 Å². The number of hydrogen-bond acceptors (Lipinski definition) is 3. The molecule has 0 amide bonds. The molecule has 0 saturated heterocycles. The lowest BCUT2D eigenvalue weighted by molar-refractivity contribution is 0.00529. The fraction of sp³-hybridized carbons (Fsp3) is 1.00. The first-order chi connectivity index (χ1) is 5.77. The maximum absolute atomic E-state index is 9.99. The van der Waals surface area contributed by atoms with Crippen LogP contribution in [0.5, 0.6) is 0 Å². The SMILES string of the molecule is NCCNCC1(O)CCCCC1. The van der Waals surface area contributed by atoms with Gasteiger partial charge in [-0.3, -0.25) is 0 Å². The van der Waals surface area contributed by atoms with E-state index in [0.717, 1.165) is 19.4 Å². The molecule has 0 atom stereocenters. The van der Waals surface area contributed by atoms with Crippen LogP contribution < -0.4 is 11.1 Å². The van der Waals surface area contributed by atoms with Gasteiger partial charge in [0.25, 0.3) is 0 Å². The van der Waals surface area contributed by atoms with E-state index in [1.807, 2.05) is 0 Å². The van der Waals surface area contributed by atoms with E-state index in [9.17, 15) is 5.11 Å². The molecule has 1 aliphatic carbocycles. The van der Waals surface area contributed by atoms with Crippen molar-refractivity contribution in [2.45, 2.75) is 37.7 Å². The normalized spacial score (nSPS) is 22.5. The van der Waals surface area contributed by atoms with E-state index in [4.69, 9.17) is 5.73 Å². The molecule has 0 radical (unpaired) electrons. The van der Waals surface area contributed by atoms with Crippen molar-refractivity contribution in [2.24, 2.45) is 5.73 Å². The van der Waals surface area contributed by atoms with Gasteiger partial charge >= 0.3 is 0 Å². The largest absolute Gasteiger partial charge is 0.389 e. The van der Waals surface area contributed by atoms with E-state index in [-0.39, 0.29) is 0 Å². The maximum atomic E-state index is 9.99. The fourth-order valence-electron chi connectivity index (χ4n) is 1.81. The molecule has 0 aromatic heterocycles. The quantitative estimate of drug-likeness (QED) is 0.532. The van der Waals surface area contributed by atoms with E-state index in [1.54, 1.807) is 0 Å². The number of nitrogens with one attached hydrogen (secondary N) is 1. The Labute approximate surface area is 74.3 Å². The van der Waals surface area contributed by atoms with Crippen LogP contribution in [0.2, 0.25) is 0 Å². The summed E-state index contributed by atoms with van der Waals surface area (Å²) in [6.07, 6.45) is 5.51. The highest BCUT2D eigenvalue weighted by Crippen LogP contribution is 2.26. The third kappa shape index (κ3) is 3.09. The molecule has 1 saturated carbocycles. The number of rotatable bonds is 4. The van der Waals surface area contributed by atoms with Crippen molar-refractivity contribution >= 4 is 0 Å². The van der Waals surface area contributed by atoms with Gasteiger partial charge in [-0.1, -0.05) is 19.3 Å². The Bertz CT molecular complexity index is 122. The zero-order valence-electron chi connectivity index (χ0n) is 7.68. The molecular formula is C9H20N2O. The topological polar surface area (TPSA) is 58.3 Å².